The second-order valence-electron chi connectivity index (χ2n) is 5.17. The molecular formula is C15H24. The van der Waals surface area contributed by atoms with Crippen LogP contribution in [-0.4, -0.2) is 0 Å². The van der Waals surface area contributed by atoms with Gasteiger partial charge in [-0.05, 0) is 25.7 Å². The van der Waals surface area contributed by atoms with Gasteiger partial charge in [0, 0.05) is 5.41 Å². The molecule has 0 radical (unpaired) electrons. The minimum Gasteiger partial charge on any atom is -0.0873 e. The number of hydrogen-bond acceptors (Lipinski definition) is 0. The van der Waals surface area contributed by atoms with Crippen LogP contribution in [0.4, 0.5) is 0 Å². The van der Waals surface area contributed by atoms with Crippen LogP contribution in [0.3, 0.4) is 0 Å². The fourth-order valence-corrected chi connectivity index (χ4v) is 2.76. The topological polar surface area (TPSA) is 0 Å². The molecule has 15 heavy (non-hydrogen) atoms. The van der Waals surface area contributed by atoms with Crippen LogP contribution < -0.4 is 0 Å². The van der Waals surface area contributed by atoms with Gasteiger partial charge in [-0.1, -0.05) is 62.8 Å². The molecule has 0 amide bonds. The number of hydrogen-bond donors (Lipinski definition) is 0. The molecule has 1 unspecified atom stereocenters. The molecule has 1 atom stereocenters. The molecule has 0 aromatic rings. The molecular weight excluding hydrogens is 180 g/mol. The van der Waals surface area contributed by atoms with Crippen molar-refractivity contribution in [2.24, 2.45) is 5.41 Å². The summed E-state index contributed by atoms with van der Waals surface area (Å²) in [7, 11) is 0. The Balaban J connectivity index is 1.50. The largest absolute Gasteiger partial charge is 0.0873 e. The van der Waals surface area contributed by atoms with Crippen molar-refractivity contribution >= 4 is 0 Å². The first kappa shape index (κ1) is 11.0. The molecule has 0 bridgehead atoms. The molecule has 2 aliphatic rings. The zero-order valence-corrected chi connectivity index (χ0v) is 10.1. The van der Waals surface area contributed by atoms with Gasteiger partial charge in [-0.15, -0.1) is 0 Å². The van der Waals surface area contributed by atoms with Gasteiger partial charge in [0.05, 0.1) is 0 Å². The summed E-state index contributed by atoms with van der Waals surface area (Å²) in [6.45, 7) is 2.28. The summed E-state index contributed by atoms with van der Waals surface area (Å²) >= 11 is 0. The molecule has 0 heteroatoms. The van der Waals surface area contributed by atoms with Crippen LogP contribution in [0.25, 0.3) is 0 Å². The van der Waals surface area contributed by atoms with Crippen LogP contribution in [0.15, 0.2) is 23.8 Å². The Morgan fingerprint density at radius 3 is 2.67 bits per heavy atom. The quantitative estimate of drug-likeness (QED) is 0.404. The minimum absolute atomic E-state index is 0.517. The number of rotatable bonds is 7. The van der Waals surface area contributed by atoms with Crippen LogP contribution in [0.5, 0.6) is 0 Å². The van der Waals surface area contributed by atoms with Crippen LogP contribution >= 0.6 is 0 Å². The van der Waals surface area contributed by atoms with Gasteiger partial charge in [-0.25, -0.2) is 0 Å². The van der Waals surface area contributed by atoms with E-state index < -0.39 is 0 Å². The van der Waals surface area contributed by atoms with Gasteiger partial charge in [0.15, 0.2) is 0 Å². The summed E-state index contributed by atoms with van der Waals surface area (Å²) in [5.74, 6) is 0. The summed E-state index contributed by atoms with van der Waals surface area (Å²) in [6, 6.07) is 0. The van der Waals surface area contributed by atoms with E-state index in [1.54, 1.807) is 5.57 Å². The van der Waals surface area contributed by atoms with Crippen LogP contribution in [0.2, 0.25) is 0 Å². The van der Waals surface area contributed by atoms with E-state index in [1.165, 1.54) is 57.8 Å². The first-order valence-electron chi connectivity index (χ1n) is 6.77. The second kappa shape index (κ2) is 5.01. The highest BCUT2D eigenvalue weighted by molar-refractivity contribution is 5.46. The Labute approximate surface area is 94.5 Å². The standard InChI is InChI=1S/C15H24/c1-2-3-4-5-6-7-10-14-13-15(14)11-8-9-12-15/h8,11,13H,2-7,9-10,12H2,1H3. The van der Waals surface area contributed by atoms with Crippen molar-refractivity contribution in [1.29, 1.82) is 0 Å². The lowest BCUT2D eigenvalue weighted by Crippen LogP contribution is -1.95. The van der Waals surface area contributed by atoms with Crippen molar-refractivity contribution in [3.05, 3.63) is 23.8 Å². The van der Waals surface area contributed by atoms with Crippen LogP contribution in [0, 0.1) is 5.41 Å². The van der Waals surface area contributed by atoms with Crippen molar-refractivity contribution in [2.75, 3.05) is 0 Å². The summed E-state index contributed by atoms with van der Waals surface area (Å²) in [6.07, 6.45) is 19.9. The Kier molecular flexibility index (Phi) is 3.66. The molecule has 84 valence electrons. The minimum atomic E-state index is 0.517. The Morgan fingerprint density at radius 2 is 1.93 bits per heavy atom. The van der Waals surface area contributed by atoms with Crippen molar-refractivity contribution in [1.82, 2.24) is 0 Å². The van der Waals surface area contributed by atoms with E-state index in [9.17, 15) is 0 Å². The molecule has 0 nitrogen and oxygen atoms in total. The fourth-order valence-electron chi connectivity index (χ4n) is 2.76. The zero-order chi connectivity index (χ0) is 10.6. The number of unbranched alkanes of at least 4 members (excludes halogenated alkanes) is 5. The van der Waals surface area contributed by atoms with Crippen molar-refractivity contribution in [2.45, 2.75) is 64.7 Å². The average molecular weight is 204 g/mol. The molecule has 0 fully saturated rings. The van der Waals surface area contributed by atoms with Gasteiger partial charge in [-0.2, -0.15) is 0 Å². The predicted octanol–water partition coefficient (Wildman–Crippen LogP) is 5.01. The molecule has 0 aromatic heterocycles. The molecule has 0 aromatic carbocycles. The molecule has 0 saturated carbocycles. The summed E-state index contributed by atoms with van der Waals surface area (Å²) in [4.78, 5) is 0. The Hall–Kier alpha value is -0.520. The van der Waals surface area contributed by atoms with Crippen molar-refractivity contribution in [3.63, 3.8) is 0 Å². The van der Waals surface area contributed by atoms with E-state index in [0.29, 0.717) is 5.41 Å². The van der Waals surface area contributed by atoms with Crippen LogP contribution in [0.1, 0.15) is 64.7 Å². The molecule has 1 spiro atoms. The van der Waals surface area contributed by atoms with Gasteiger partial charge in [0.25, 0.3) is 0 Å². The van der Waals surface area contributed by atoms with Gasteiger partial charge < -0.3 is 0 Å². The third-order valence-electron chi connectivity index (χ3n) is 3.89. The second-order valence-corrected chi connectivity index (χ2v) is 5.17. The van der Waals surface area contributed by atoms with E-state index in [0.717, 1.165) is 0 Å². The molecule has 0 heterocycles. The van der Waals surface area contributed by atoms with Gasteiger partial charge in [-0.3, -0.25) is 0 Å². The maximum atomic E-state index is 2.50. The first-order chi connectivity index (χ1) is 7.37. The van der Waals surface area contributed by atoms with Crippen LogP contribution in [-0.2, 0) is 0 Å². The molecule has 2 rings (SSSR count). The highest BCUT2D eigenvalue weighted by atomic mass is 14.4. The van der Waals surface area contributed by atoms with E-state index in [2.05, 4.69) is 25.2 Å². The Morgan fingerprint density at radius 1 is 1.13 bits per heavy atom. The molecule has 0 N–H and O–H groups in total. The highest BCUT2D eigenvalue weighted by Gasteiger charge is 2.41. The lowest BCUT2D eigenvalue weighted by Gasteiger charge is -2.07. The summed E-state index contributed by atoms with van der Waals surface area (Å²) in [5, 5.41) is 0. The van der Waals surface area contributed by atoms with E-state index in [4.69, 9.17) is 0 Å². The van der Waals surface area contributed by atoms with E-state index in [1.807, 2.05) is 0 Å². The lowest BCUT2D eigenvalue weighted by molar-refractivity contribution is 0.587. The normalized spacial score (nSPS) is 27.4. The Bertz CT molecular complexity index is 259. The van der Waals surface area contributed by atoms with Gasteiger partial charge in [0.1, 0.15) is 0 Å². The fraction of sp³-hybridized carbons (Fsp3) is 0.733. The molecule has 0 saturated heterocycles. The third kappa shape index (κ3) is 2.74. The van der Waals surface area contributed by atoms with E-state index >= 15 is 0 Å². The third-order valence-corrected chi connectivity index (χ3v) is 3.89. The first-order valence-corrected chi connectivity index (χ1v) is 6.77. The SMILES string of the molecule is CCCCCCCCC1=CC12C=CCC2. The molecule has 0 aliphatic heterocycles. The van der Waals surface area contributed by atoms with Gasteiger partial charge >= 0.3 is 0 Å². The maximum Gasteiger partial charge on any atom is 0.0277 e. The lowest BCUT2D eigenvalue weighted by atomic mass is 9.97. The monoisotopic (exact) mass is 204 g/mol. The smallest absolute Gasteiger partial charge is 0.0277 e. The maximum absolute atomic E-state index is 2.50. The van der Waals surface area contributed by atoms with Crippen molar-refractivity contribution in [3.8, 4) is 0 Å². The number of allylic oxidation sites excluding steroid dienone is 4. The summed E-state index contributed by atoms with van der Waals surface area (Å²) < 4.78 is 0. The highest BCUT2D eigenvalue weighted by Crippen LogP contribution is 2.54. The van der Waals surface area contributed by atoms with E-state index in [-0.39, 0.29) is 0 Å². The predicted molar refractivity (Wildman–Crippen MR) is 66.9 cm³/mol. The average Bonchev–Trinajstić information content (AvgIpc) is 2.69. The van der Waals surface area contributed by atoms with Gasteiger partial charge in [0.2, 0.25) is 0 Å². The van der Waals surface area contributed by atoms with Crippen molar-refractivity contribution < 1.29 is 0 Å². The zero-order valence-electron chi connectivity index (χ0n) is 10.1. The molecule has 2 aliphatic carbocycles. The summed E-state index contributed by atoms with van der Waals surface area (Å²) in [5.41, 5.74) is 2.26.